The summed E-state index contributed by atoms with van der Waals surface area (Å²) in [4.78, 5) is 24.7. The fraction of sp³-hybridized carbons (Fsp3) is 0.176. The molecule has 0 atom stereocenters. The van der Waals surface area contributed by atoms with Gasteiger partial charge < -0.3 is 10.6 Å². The third kappa shape index (κ3) is 4.17. The second-order valence-corrected chi connectivity index (χ2v) is 6.58. The quantitative estimate of drug-likeness (QED) is 0.755. The summed E-state index contributed by atoms with van der Waals surface area (Å²) in [5.41, 5.74) is -1.13. The van der Waals surface area contributed by atoms with Crippen molar-refractivity contribution < 1.29 is 18.4 Å². The topological polar surface area (TPSA) is 58.2 Å². The molecule has 0 bridgehead atoms. The van der Waals surface area contributed by atoms with Gasteiger partial charge in [-0.3, -0.25) is 9.59 Å². The maximum absolute atomic E-state index is 13.6. The van der Waals surface area contributed by atoms with Gasteiger partial charge in [-0.2, -0.15) is 0 Å². The maximum Gasteiger partial charge on any atom is 0.239 e. The van der Waals surface area contributed by atoms with E-state index in [0.29, 0.717) is 11.8 Å². The van der Waals surface area contributed by atoms with Gasteiger partial charge in [-0.25, -0.2) is 8.78 Å². The van der Waals surface area contributed by atoms with Gasteiger partial charge in [-0.05, 0) is 50.2 Å². The van der Waals surface area contributed by atoms with Crippen LogP contribution >= 0.6 is 15.9 Å². The van der Waals surface area contributed by atoms with Gasteiger partial charge >= 0.3 is 0 Å². The minimum atomic E-state index is -1.46. The summed E-state index contributed by atoms with van der Waals surface area (Å²) < 4.78 is 27.4. The molecule has 0 aliphatic carbocycles. The molecule has 0 aromatic heterocycles. The lowest BCUT2D eigenvalue weighted by atomic mass is 9.90. The van der Waals surface area contributed by atoms with E-state index in [4.69, 9.17) is 0 Å². The molecule has 2 aromatic carbocycles. The Kier molecular flexibility index (Phi) is 5.33. The van der Waals surface area contributed by atoms with Crippen LogP contribution in [0.1, 0.15) is 13.8 Å². The summed E-state index contributed by atoms with van der Waals surface area (Å²) in [5.74, 6) is -2.92. The second kappa shape index (κ2) is 7.09. The molecule has 0 unspecified atom stereocenters. The van der Waals surface area contributed by atoms with Gasteiger partial charge in [0.25, 0.3) is 0 Å². The summed E-state index contributed by atoms with van der Waals surface area (Å²) in [7, 11) is 0. The van der Waals surface area contributed by atoms with E-state index >= 15 is 0 Å². The lowest BCUT2D eigenvalue weighted by molar-refractivity contribution is -0.135. The van der Waals surface area contributed by atoms with Crippen LogP contribution in [-0.2, 0) is 9.59 Å². The molecule has 0 saturated carbocycles. The molecule has 0 heterocycles. The van der Waals surface area contributed by atoms with Crippen molar-refractivity contribution in [3.8, 4) is 0 Å². The first-order valence-corrected chi connectivity index (χ1v) is 7.83. The minimum absolute atomic E-state index is 0.189. The van der Waals surface area contributed by atoms with Crippen molar-refractivity contribution >= 4 is 39.1 Å². The maximum atomic E-state index is 13.6. The molecule has 4 nitrogen and oxygen atoms in total. The van der Waals surface area contributed by atoms with E-state index < -0.39 is 28.9 Å². The molecule has 0 saturated heterocycles. The van der Waals surface area contributed by atoms with Crippen molar-refractivity contribution in [2.24, 2.45) is 5.41 Å². The second-order valence-electron chi connectivity index (χ2n) is 5.66. The molecule has 0 aliphatic rings. The summed E-state index contributed by atoms with van der Waals surface area (Å²) in [6.07, 6.45) is 0. The zero-order valence-electron chi connectivity index (χ0n) is 13.0. The van der Waals surface area contributed by atoms with Crippen LogP contribution in [0.2, 0.25) is 0 Å². The van der Waals surface area contributed by atoms with Crippen molar-refractivity contribution in [3.05, 3.63) is 58.6 Å². The number of carbonyl (C=O) groups excluding carboxylic acids is 2. The molecular formula is C17H15BrF2N2O2. The Bertz CT molecular complexity index is 777. The average molecular weight is 397 g/mol. The van der Waals surface area contributed by atoms with Gasteiger partial charge in [0.05, 0.1) is 5.69 Å². The first-order chi connectivity index (χ1) is 11.2. The molecule has 0 spiro atoms. The van der Waals surface area contributed by atoms with Gasteiger partial charge in [0, 0.05) is 16.2 Å². The summed E-state index contributed by atoms with van der Waals surface area (Å²) in [6.45, 7) is 2.83. The number of hydrogen-bond donors (Lipinski definition) is 2. The summed E-state index contributed by atoms with van der Waals surface area (Å²) in [5, 5.41) is 4.93. The zero-order chi connectivity index (χ0) is 17.9. The highest BCUT2D eigenvalue weighted by Gasteiger charge is 2.36. The molecule has 2 N–H and O–H groups in total. The van der Waals surface area contributed by atoms with E-state index in [1.165, 1.54) is 13.8 Å². The van der Waals surface area contributed by atoms with E-state index in [1.807, 2.05) is 0 Å². The number of benzene rings is 2. The molecule has 2 aromatic rings. The van der Waals surface area contributed by atoms with E-state index in [9.17, 15) is 18.4 Å². The molecule has 2 rings (SSSR count). The van der Waals surface area contributed by atoms with Gasteiger partial charge in [-0.15, -0.1) is 0 Å². The largest absolute Gasteiger partial charge is 0.325 e. The van der Waals surface area contributed by atoms with Crippen molar-refractivity contribution in [3.63, 3.8) is 0 Å². The third-order valence-electron chi connectivity index (χ3n) is 3.42. The highest BCUT2D eigenvalue weighted by molar-refractivity contribution is 9.10. The van der Waals surface area contributed by atoms with Crippen LogP contribution < -0.4 is 10.6 Å². The van der Waals surface area contributed by atoms with Gasteiger partial charge in [0.1, 0.15) is 17.0 Å². The fourth-order valence-electron chi connectivity index (χ4n) is 1.79. The Morgan fingerprint density at radius 3 is 2.12 bits per heavy atom. The van der Waals surface area contributed by atoms with Crippen molar-refractivity contribution in [1.29, 1.82) is 0 Å². The Morgan fingerprint density at radius 1 is 0.958 bits per heavy atom. The number of anilines is 2. The standard InChI is InChI=1S/C17H15BrF2N2O2/c1-17(2,15(23)21-12-6-3-10(18)4-7-12)16(24)22-14-8-5-11(19)9-13(14)20/h3-9H,1-2H3,(H,21,23)(H,22,24). The van der Waals surface area contributed by atoms with Crippen LogP contribution in [0.3, 0.4) is 0 Å². The molecule has 126 valence electrons. The van der Waals surface area contributed by atoms with Crippen molar-refractivity contribution in [2.45, 2.75) is 13.8 Å². The van der Waals surface area contributed by atoms with E-state index in [-0.39, 0.29) is 5.69 Å². The number of hydrogen-bond acceptors (Lipinski definition) is 2. The molecule has 0 fully saturated rings. The van der Waals surface area contributed by atoms with Crippen LogP contribution in [0.5, 0.6) is 0 Å². The van der Waals surface area contributed by atoms with E-state index in [1.54, 1.807) is 24.3 Å². The Hall–Kier alpha value is -2.28. The normalized spacial score (nSPS) is 11.0. The molecule has 0 radical (unpaired) electrons. The number of carbonyl (C=O) groups is 2. The van der Waals surface area contributed by atoms with Crippen LogP contribution in [0.15, 0.2) is 46.9 Å². The minimum Gasteiger partial charge on any atom is -0.325 e. The summed E-state index contributed by atoms with van der Waals surface area (Å²) in [6, 6.07) is 9.63. The fourth-order valence-corrected chi connectivity index (χ4v) is 2.06. The smallest absolute Gasteiger partial charge is 0.239 e. The molecule has 24 heavy (non-hydrogen) atoms. The molecule has 2 amide bonds. The lowest BCUT2D eigenvalue weighted by Gasteiger charge is -2.23. The highest BCUT2D eigenvalue weighted by Crippen LogP contribution is 2.24. The van der Waals surface area contributed by atoms with E-state index in [2.05, 4.69) is 26.6 Å². The monoisotopic (exact) mass is 396 g/mol. The molecule has 7 heteroatoms. The van der Waals surface area contributed by atoms with E-state index in [0.717, 1.165) is 16.6 Å². The van der Waals surface area contributed by atoms with Gasteiger partial charge in [0.2, 0.25) is 11.8 Å². The Balaban J connectivity index is 2.11. The van der Waals surface area contributed by atoms with Crippen LogP contribution in [-0.4, -0.2) is 11.8 Å². The van der Waals surface area contributed by atoms with Crippen LogP contribution in [0.4, 0.5) is 20.2 Å². The van der Waals surface area contributed by atoms with Crippen molar-refractivity contribution in [1.82, 2.24) is 0 Å². The number of nitrogens with one attached hydrogen (secondary N) is 2. The SMILES string of the molecule is CC(C)(C(=O)Nc1ccc(Br)cc1)C(=O)Nc1ccc(F)cc1F. The number of amides is 2. The average Bonchev–Trinajstić information content (AvgIpc) is 2.52. The highest BCUT2D eigenvalue weighted by atomic mass is 79.9. The molecular weight excluding hydrogens is 382 g/mol. The Morgan fingerprint density at radius 2 is 1.54 bits per heavy atom. The first kappa shape index (κ1) is 18.1. The summed E-state index contributed by atoms with van der Waals surface area (Å²) >= 11 is 3.28. The number of halogens is 3. The predicted octanol–water partition coefficient (Wildman–Crippen LogP) is 4.33. The zero-order valence-corrected chi connectivity index (χ0v) is 14.6. The molecule has 0 aliphatic heterocycles. The van der Waals surface area contributed by atoms with Gasteiger partial charge in [-0.1, -0.05) is 15.9 Å². The number of rotatable bonds is 4. The van der Waals surface area contributed by atoms with Gasteiger partial charge in [0.15, 0.2) is 0 Å². The first-order valence-electron chi connectivity index (χ1n) is 7.03. The third-order valence-corrected chi connectivity index (χ3v) is 3.95. The van der Waals surface area contributed by atoms with Crippen LogP contribution in [0.25, 0.3) is 0 Å². The Labute approximate surface area is 146 Å². The predicted molar refractivity (Wildman–Crippen MR) is 91.5 cm³/mol. The van der Waals surface area contributed by atoms with Crippen LogP contribution in [0, 0.1) is 17.0 Å². The van der Waals surface area contributed by atoms with Crippen molar-refractivity contribution in [2.75, 3.05) is 10.6 Å². The lowest BCUT2D eigenvalue weighted by Crippen LogP contribution is -2.41.